The minimum Gasteiger partial charge on any atom is -0.203 e. The Bertz CT molecular complexity index is 339. The fraction of sp³-hybridized carbons (Fsp3) is 1.00. The molecule has 0 spiro atoms. The van der Waals surface area contributed by atoms with Gasteiger partial charge in [-0.25, -0.2) is 8.42 Å². The molecule has 0 saturated carbocycles. The van der Waals surface area contributed by atoms with Gasteiger partial charge in [-0.15, -0.1) is 3.97 Å². The van der Waals surface area contributed by atoms with Crippen LogP contribution in [0.15, 0.2) is 0 Å². The van der Waals surface area contributed by atoms with Crippen molar-refractivity contribution < 1.29 is 34.8 Å². The van der Waals surface area contributed by atoms with Crippen molar-refractivity contribution in [1.82, 2.24) is 3.97 Å². The summed E-state index contributed by atoms with van der Waals surface area (Å²) in [4.78, 5) is 0. The third-order valence-electron chi connectivity index (χ3n) is 1.37. The van der Waals surface area contributed by atoms with E-state index in [0.717, 1.165) is 19.6 Å². The van der Waals surface area contributed by atoms with Crippen LogP contribution in [-0.2, 0) is 10.0 Å². The molecule has 0 heterocycles. The summed E-state index contributed by atoms with van der Waals surface area (Å²) in [5.41, 5.74) is -5.96. The molecule has 0 aromatic rings. The molecule has 0 aliphatic heterocycles. The first-order chi connectivity index (χ1) is 6.62. The van der Waals surface area contributed by atoms with E-state index >= 15 is 0 Å². The maximum absolute atomic E-state index is 12.3. The van der Waals surface area contributed by atoms with Crippen molar-refractivity contribution in [3.63, 3.8) is 0 Å². The molecule has 0 aliphatic carbocycles. The summed E-state index contributed by atoms with van der Waals surface area (Å²) in [6.45, 7) is 2.55. The SMILES string of the molecule is C[Si](C)(C)N(C(F)(F)F)S(=O)(=O)C(F)(F)F. The Kier molecular flexibility index (Phi) is 3.80. The van der Waals surface area contributed by atoms with E-state index < -0.39 is 34.0 Å². The van der Waals surface area contributed by atoms with Gasteiger partial charge in [-0.1, -0.05) is 19.6 Å². The van der Waals surface area contributed by atoms with Gasteiger partial charge in [0.1, 0.15) is 8.24 Å². The fourth-order valence-corrected chi connectivity index (χ4v) is 5.42. The van der Waals surface area contributed by atoms with E-state index in [-0.39, 0.29) is 0 Å². The predicted molar refractivity (Wildman–Crippen MR) is 46.2 cm³/mol. The van der Waals surface area contributed by atoms with Gasteiger partial charge < -0.3 is 0 Å². The number of nitrogens with zero attached hydrogens (tertiary/aromatic N) is 1. The van der Waals surface area contributed by atoms with Crippen LogP contribution in [0.1, 0.15) is 0 Å². The van der Waals surface area contributed by atoms with Crippen LogP contribution in [0, 0.1) is 0 Å². The lowest BCUT2D eigenvalue weighted by atomic mass is 11.2. The number of halogens is 6. The normalized spacial score (nSPS) is 15.6. The molecule has 0 aliphatic rings. The van der Waals surface area contributed by atoms with Crippen LogP contribution in [0.4, 0.5) is 26.3 Å². The zero-order valence-corrected chi connectivity index (χ0v) is 10.3. The van der Waals surface area contributed by atoms with Crippen LogP contribution in [0.5, 0.6) is 0 Å². The Morgan fingerprint density at radius 1 is 0.938 bits per heavy atom. The van der Waals surface area contributed by atoms with E-state index in [1.165, 1.54) is 0 Å². The summed E-state index contributed by atoms with van der Waals surface area (Å²) in [6.07, 6.45) is -5.57. The second-order valence-corrected chi connectivity index (χ2v) is 10.7. The molecule has 16 heavy (non-hydrogen) atoms. The number of rotatable bonds is 2. The van der Waals surface area contributed by atoms with E-state index in [1.54, 1.807) is 0 Å². The van der Waals surface area contributed by atoms with Gasteiger partial charge in [-0.3, -0.25) is 0 Å². The lowest BCUT2D eigenvalue weighted by Gasteiger charge is -2.34. The highest BCUT2D eigenvalue weighted by Gasteiger charge is 2.62. The van der Waals surface area contributed by atoms with E-state index in [2.05, 4.69) is 0 Å². The highest BCUT2D eigenvalue weighted by molar-refractivity contribution is 7.91. The zero-order chi connectivity index (χ0) is 13.6. The molecular formula is C5H9F6NO2SSi. The smallest absolute Gasteiger partial charge is 0.203 e. The second kappa shape index (κ2) is 3.87. The van der Waals surface area contributed by atoms with Crippen LogP contribution in [0.3, 0.4) is 0 Å². The monoisotopic (exact) mass is 289 g/mol. The fourth-order valence-electron chi connectivity index (χ4n) is 0.981. The van der Waals surface area contributed by atoms with Crippen LogP contribution >= 0.6 is 0 Å². The molecule has 0 aromatic carbocycles. The van der Waals surface area contributed by atoms with E-state index in [1.807, 2.05) is 0 Å². The Labute approximate surface area is 89.2 Å². The van der Waals surface area contributed by atoms with Gasteiger partial charge in [-0.2, -0.15) is 26.3 Å². The molecule has 11 heteroatoms. The van der Waals surface area contributed by atoms with Crippen LogP contribution in [0.25, 0.3) is 0 Å². The molecule has 0 N–H and O–H groups in total. The van der Waals surface area contributed by atoms with Gasteiger partial charge in [0.2, 0.25) is 0 Å². The number of alkyl halides is 6. The third-order valence-corrected chi connectivity index (χ3v) is 6.48. The number of hydrogen-bond donors (Lipinski definition) is 0. The van der Waals surface area contributed by atoms with Crippen molar-refractivity contribution in [2.24, 2.45) is 0 Å². The maximum atomic E-state index is 12.3. The zero-order valence-electron chi connectivity index (χ0n) is 8.44. The number of sulfonamides is 1. The summed E-state index contributed by atoms with van der Waals surface area (Å²) in [7, 11) is -10.2. The van der Waals surface area contributed by atoms with Crippen molar-refractivity contribution in [3.8, 4) is 0 Å². The first-order valence-electron chi connectivity index (χ1n) is 3.80. The van der Waals surface area contributed by atoms with Crippen molar-refractivity contribution >= 4 is 18.3 Å². The molecule has 0 bridgehead atoms. The van der Waals surface area contributed by atoms with E-state index in [4.69, 9.17) is 0 Å². The molecule has 0 aromatic heterocycles. The lowest BCUT2D eigenvalue weighted by Crippen LogP contribution is -2.60. The molecule has 0 fully saturated rings. The molecule has 98 valence electrons. The molecular weight excluding hydrogens is 280 g/mol. The van der Waals surface area contributed by atoms with Crippen LogP contribution in [0.2, 0.25) is 19.6 Å². The quantitative estimate of drug-likeness (QED) is 0.445. The maximum Gasteiger partial charge on any atom is 0.511 e. The Balaban J connectivity index is 5.78. The average molecular weight is 289 g/mol. The average Bonchev–Trinajstić information content (AvgIpc) is 1.72. The van der Waals surface area contributed by atoms with Gasteiger partial charge in [0.15, 0.2) is 0 Å². The standard InChI is InChI=1S/C5H9F6NO2SSi/c1-16(2,3)12(4(6,7)8)15(13,14)5(9,10)11/h1-3H3. The van der Waals surface area contributed by atoms with E-state index in [9.17, 15) is 34.8 Å². The number of hydrogen-bond acceptors (Lipinski definition) is 2. The topological polar surface area (TPSA) is 37.4 Å². The minimum absolute atomic E-state index is 0.851. The van der Waals surface area contributed by atoms with Gasteiger partial charge in [-0.05, 0) is 0 Å². The Hall–Kier alpha value is -0.293. The van der Waals surface area contributed by atoms with Crippen molar-refractivity contribution in [1.29, 1.82) is 0 Å². The minimum atomic E-state index is -6.38. The van der Waals surface area contributed by atoms with Crippen molar-refractivity contribution in [3.05, 3.63) is 0 Å². The third kappa shape index (κ3) is 3.10. The van der Waals surface area contributed by atoms with Gasteiger partial charge in [0.05, 0.1) is 0 Å². The van der Waals surface area contributed by atoms with Crippen molar-refractivity contribution in [2.75, 3.05) is 0 Å². The lowest BCUT2D eigenvalue weighted by molar-refractivity contribution is -0.190. The highest BCUT2D eigenvalue weighted by atomic mass is 32.2. The molecule has 0 rings (SSSR count). The van der Waals surface area contributed by atoms with E-state index in [0.29, 0.717) is 0 Å². The largest absolute Gasteiger partial charge is 0.511 e. The summed E-state index contributed by atoms with van der Waals surface area (Å²) in [6, 6.07) is 0. The summed E-state index contributed by atoms with van der Waals surface area (Å²) in [5, 5.41) is 0. The summed E-state index contributed by atoms with van der Waals surface area (Å²) in [5.74, 6) is 0. The molecule has 0 unspecified atom stereocenters. The highest BCUT2D eigenvalue weighted by Crippen LogP contribution is 2.38. The van der Waals surface area contributed by atoms with Gasteiger partial charge >= 0.3 is 21.8 Å². The second-order valence-electron chi connectivity index (χ2n) is 3.85. The Morgan fingerprint density at radius 3 is 1.31 bits per heavy atom. The predicted octanol–water partition coefficient (Wildman–Crippen LogP) is 2.49. The molecule has 0 amide bonds. The Morgan fingerprint density at radius 2 is 1.25 bits per heavy atom. The van der Waals surface area contributed by atoms with Crippen molar-refractivity contribution in [2.45, 2.75) is 31.4 Å². The van der Waals surface area contributed by atoms with Crippen LogP contribution in [-0.4, -0.2) is 32.4 Å². The van der Waals surface area contributed by atoms with Crippen LogP contribution < -0.4 is 0 Å². The van der Waals surface area contributed by atoms with Gasteiger partial charge in [0.25, 0.3) is 0 Å². The summed E-state index contributed by atoms with van der Waals surface area (Å²) < 4.78 is 93.2. The van der Waals surface area contributed by atoms with Gasteiger partial charge in [0, 0.05) is 0 Å². The first kappa shape index (κ1) is 15.7. The molecule has 0 saturated heterocycles. The molecule has 0 radical (unpaired) electrons. The summed E-state index contributed by atoms with van der Waals surface area (Å²) >= 11 is 0. The molecule has 0 atom stereocenters. The first-order valence-corrected chi connectivity index (χ1v) is 8.69. The molecule has 3 nitrogen and oxygen atoms in total.